The number of hydrogen-bond acceptors (Lipinski definition) is 6. The summed E-state index contributed by atoms with van der Waals surface area (Å²) in [5, 5.41) is 3.81. The second kappa shape index (κ2) is 4.34. The fourth-order valence-electron chi connectivity index (χ4n) is 2.09. The normalized spacial score (nSPS) is 12.1. The molecule has 1 aromatic carbocycles. The van der Waals surface area contributed by atoms with Gasteiger partial charge in [-0.1, -0.05) is 11.2 Å². The SMILES string of the molecule is CS(=O)(=O)c1cccc2c1nc(N)n2Cc1ccon1. The van der Waals surface area contributed by atoms with Crippen molar-refractivity contribution in [2.45, 2.75) is 11.4 Å². The number of benzene rings is 1. The lowest BCUT2D eigenvalue weighted by Gasteiger charge is -2.04. The topological polar surface area (TPSA) is 104 Å². The van der Waals surface area contributed by atoms with Crippen LogP contribution in [0, 0.1) is 0 Å². The van der Waals surface area contributed by atoms with E-state index in [1.54, 1.807) is 22.8 Å². The maximum absolute atomic E-state index is 11.8. The molecule has 0 unspecified atom stereocenters. The predicted octanol–water partition coefficient (Wildman–Crippen LogP) is 1.06. The number of imidazole rings is 1. The van der Waals surface area contributed by atoms with Crippen LogP contribution in [-0.2, 0) is 16.4 Å². The number of anilines is 1. The number of nitrogen functional groups attached to an aromatic ring is 1. The molecule has 0 spiro atoms. The van der Waals surface area contributed by atoms with Gasteiger partial charge in [0.05, 0.1) is 17.0 Å². The van der Waals surface area contributed by atoms with E-state index in [1.807, 2.05) is 0 Å². The highest BCUT2D eigenvalue weighted by molar-refractivity contribution is 7.91. The number of hydrogen-bond donors (Lipinski definition) is 1. The monoisotopic (exact) mass is 292 g/mol. The van der Waals surface area contributed by atoms with Gasteiger partial charge in [0.15, 0.2) is 9.84 Å². The molecule has 0 saturated carbocycles. The van der Waals surface area contributed by atoms with Crippen LogP contribution in [0.2, 0.25) is 0 Å². The van der Waals surface area contributed by atoms with Crippen LogP contribution in [0.25, 0.3) is 11.0 Å². The summed E-state index contributed by atoms with van der Waals surface area (Å²) >= 11 is 0. The zero-order valence-corrected chi connectivity index (χ0v) is 11.5. The van der Waals surface area contributed by atoms with E-state index in [0.29, 0.717) is 23.3 Å². The number of para-hydroxylation sites is 1. The van der Waals surface area contributed by atoms with Gasteiger partial charge in [-0.05, 0) is 12.1 Å². The van der Waals surface area contributed by atoms with Crippen LogP contribution in [0.15, 0.2) is 39.9 Å². The summed E-state index contributed by atoms with van der Waals surface area (Å²) in [4.78, 5) is 4.33. The van der Waals surface area contributed by atoms with E-state index in [2.05, 4.69) is 10.1 Å². The summed E-state index contributed by atoms with van der Waals surface area (Å²) in [7, 11) is -3.36. The summed E-state index contributed by atoms with van der Waals surface area (Å²) < 4.78 is 30.0. The maximum atomic E-state index is 11.8. The number of aromatic nitrogens is 3. The van der Waals surface area contributed by atoms with E-state index in [4.69, 9.17) is 10.3 Å². The Morgan fingerprint density at radius 2 is 2.15 bits per heavy atom. The Labute approximate surface area is 114 Å². The van der Waals surface area contributed by atoms with Crippen molar-refractivity contribution in [2.75, 3.05) is 12.0 Å². The molecule has 2 N–H and O–H groups in total. The van der Waals surface area contributed by atoms with E-state index >= 15 is 0 Å². The van der Waals surface area contributed by atoms with Gasteiger partial charge in [0.2, 0.25) is 5.95 Å². The van der Waals surface area contributed by atoms with E-state index < -0.39 is 9.84 Å². The third kappa shape index (κ3) is 2.03. The van der Waals surface area contributed by atoms with E-state index in [1.165, 1.54) is 12.3 Å². The lowest BCUT2D eigenvalue weighted by atomic mass is 10.3. The Morgan fingerprint density at radius 3 is 2.80 bits per heavy atom. The van der Waals surface area contributed by atoms with E-state index in [-0.39, 0.29) is 10.8 Å². The molecule has 0 aliphatic rings. The van der Waals surface area contributed by atoms with Crippen LogP contribution in [0.3, 0.4) is 0 Å². The van der Waals surface area contributed by atoms with Gasteiger partial charge in [-0.25, -0.2) is 13.4 Å². The van der Waals surface area contributed by atoms with Crippen molar-refractivity contribution in [3.8, 4) is 0 Å². The predicted molar refractivity (Wildman–Crippen MR) is 72.9 cm³/mol. The molecule has 0 saturated heterocycles. The van der Waals surface area contributed by atoms with Gasteiger partial charge in [0.1, 0.15) is 17.5 Å². The van der Waals surface area contributed by atoms with Crippen molar-refractivity contribution in [3.63, 3.8) is 0 Å². The molecule has 0 atom stereocenters. The van der Waals surface area contributed by atoms with E-state index in [9.17, 15) is 8.42 Å². The van der Waals surface area contributed by atoms with Gasteiger partial charge in [-0.3, -0.25) is 0 Å². The van der Waals surface area contributed by atoms with Gasteiger partial charge >= 0.3 is 0 Å². The lowest BCUT2D eigenvalue weighted by molar-refractivity contribution is 0.410. The summed E-state index contributed by atoms with van der Waals surface area (Å²) in [6, 6.07) is 6.67. The number of sulfone groups is 1. The van der Waals surface area contributed by atoms with Crippen LogP contribution in [0.1, 0.15) is 5.69 Å². The van der Waals surface area contributed by atoms with Crippen molar-refractivity contribution in [1.29, 1.82) is 0 Å². The number of fused-ring (bicyclic) bond motifs is 1. The second-order valence-electron chi connectivity index (χ2n) is 4.44. The molecule has 2 heterocycles. The molecule has 0 fully saturated rings. The molecule has 20 heavy (non-hydrogen) atoms. The Kier molecular flexibility index (Phi) is 2.75. The second-order valence-corrected chi connectivity index (χ2v) is 6.43. The molecule has 0 aliphatic carbocycles. The highest BCUT2D eigenvalue weighted by atomic mass is 32.2. The maximum Gasteiger partial charge on any atom is 0.201 e. The average Bonchev–Trinajstić information content (AvgIpc) is 2.97. The molecule has 3 aromatic rings. The zero-order valence-electron chi connectivity index (χ0n) is 10.6. The van der Waals surface area contributed by atoms with Gasteiger partial charge in [-0.2, -0.15) is 0 Å². The molecule has 8 heteroatoms. The van der Waals surface area contributed by atoms with Gasteiger partial charge in [0, 0.05) is 12.3 Å². The van der Waals surface area contributed by atoms with Crippen LogP contribution >= 0.6 is 0 Å². The largest absolute Gasteiger partial charge is 0.369 e. The van der Waals surface area contributed by atoms with Gasteiger partial charge in [-0.15, -0.1) is 0 Å². The zero-order chi connectivity index (χ0) is 14.3. The average molecular weight is 292 g/mol. The standard InChI is InChI=1S/C12H12N4O3S/c1-20(17,18)10-4-2-3-9-11(10)14-12(13)16(9)7-8-5-6-19-15-8/h2-6H,7H2,1H3,(H2,13,14). The van der Waals surface area contributed by atoms with Crippen LogP contribution in [0.5, 0.6) is 0 Å². The summed E-state index contributed by atoms with van der Waals surface area (Å²) in [5.74, 6) is 0.235. The summed E-state index contributed by atoms with van der Waals surface area (Å²) in [6.07, 6.45) is 2.61. The third-order valence-corrected chi connectivity index (χ3v) is 4.11. The molecule has 0 amide bonds. The fourth-order valence-corrected chi connectivity index (χ4v) is 2.91. The van der Waals surface area contributed by atoms with Gasteiger partial charge in [0.25, 0.3) is 0 Å². The minimum Gasteiger partial charge on any atom is -0.369 e. The first-order valence-electron chi connectivity index (χ1n) is 5.81. The highest BCUT2D eigenvalue weighted by Crippen LogP contribution is 2.25. The summed E-state index contributed by atoms with van der Waals surface area (Å²) in [5.41, 5.74) is 7.58. The molecule has 0 bridgehead atoms. The molecule has 0 aliphatic heterocycles. The summed E-state index contributed by atoms with van der Waals surface area (Å²) in [6.45, 7) is 0.367. The number of nitrogens with two attached hydrogens (primary N) is 1. The number of rotatable bonds is 3. The molecule has 3 rings (SSSR count). The first kappa shape index (κ1) is 12.7. The third-order valence-electron chi connectivity index (χ3n) is 2.98. The fraction of sp³-hybridized carbons (Fsp3) is 0.167. The molecule has 0 radical (unpaired) electrons. The Balaban J connectivity index is 2.22. The van der Waals surface area contributed by atoms with Crippen LogP contribution in [-0.4, -0.2) is 29.4 Å². The molecular formula is C12H12N4O3S. The Bertz CT molecular complexity index is 866. The minimum absolute atomic E-state index is 0.167. The van der Waals surface area contributed by atoms with E-state index in [0.717, 1.165) is 6.26 Å². The molecular weight excluding hydrogens is 280 g/mol. The smallest absolute Gasteiger partial charge is 0.201 e. The first-order chi connectivity index (χ1) is 9.47. The first-order valence-corrected chi connectivity index (χ1v) is 7.70. The van der Waals surface area contributed by atoms with Crippen molar-refractivity contribution < 1.29 is 12.9 Å². The van der Waals surface area contributed by atoms with Crippen molar-refractivity contribution >= 4 is 26.8 Å². The number of nitrogens with zero attached hydrogens (tertiary/aromatic N) is 3. The van der Waals surface area contributed by atoms with Crippen molar-refractivity contribution in [2.24, 2.45) is 0 Å². The molecule has 2 aromatic heterocycles. The minimum atomic E-state index is -3.36. The molecule has 104 valence electrons. The Hall–Kier alpha value is -2.35. The van der Waals surface area contributed by atoms with Crippen LogP contribution in [0.4, 0.5) is 5.95 Å². The van der Waals surface area contributed by atoms with Gasteiger partial charge < -0.3 is 14.8 Å². The highest BCUT2D eigenvalue weighted by Gasteiger charge is 2.18. The van der Waals surface area contributed by atoms with Crippen LogP contribution < -0.4 is 5.73 Å². The van der Waals surface area contributed by atoms with Crippen molar-refractivity contribution in [3.05, 3.63) is 36.2 Å². The lowest BCUT2D eigenvalue weighted by Crippen LogP contribution is -2.04. The Morgan fingerprint density at radius 1 is 1.35 bits per heavy atom. The molecule has 7 nitrogen and oxygen atoms in total. The van der Waals surface area contributed by atoms with Crippen molar-refractivity contribution in [1.82, 2.24) is 14.7 Å². The quantitative estimate of drug-likeness (QED) is 0.774.